The van der Waals surface area contributed by atoms with Crippen molar-refractivity contribution in [2.24, 2.45) is 11.8 Å². The van der Waals surface area contributed by atoms with Gasteiger partial charge < -0.3 is 20.1 Å². The molecule has 1 fully saturated rings. The summed E-state index contributed by atoms with van der Waals surface area (Å²) in [7, 11) is 2.17. The van der Waals surface area contributed by atoms with Crippen molar-refractivity contribution in [3.05, 3.63) is 69.7 Å². The third kappa shape index (κ3) is 3.36. The Morgan fingerprint density at radius 1 is 1.36 bits per heavy atom. The zero-order chi connectivity index (χ0) is 23.5. The van der Waals surface area contributed by atoms with Crippen molar-refractivity contribution in [1.29, 1.82) is 0 Å². The predicted octanol–water partition coefficient (Wildman–Crippen LogP) is 4.83. The minimum absolute atomic E-state index is 0.000906. The van der Waals surface area contributed by atoms with Gasteiger partial charge in [-0.2, -0.15) is 0 Å². The largest absolute Gasteiger partial charge is 0.504 e. The second-order valence-electron chi connectivity index (χ2n) is 9.61. The predicted molar refractivity (Wildman–Crippen MR) is 131 cm³/mol. The summed E-state index contributed by atoms with van der Waals surface area (Å²) in [5.41, 5.74) is 2.58. The lowest BCUT2D eigenvalue weighted by Crippen LogP contribution is -2.63. The van der Waals surface area contributed by atoms with Crippen LogP contribution in [0.4, 0.5) is 0 Å². The lowest BCUT2D eigenvalue weighted by atomic mass is 9.54. The number of hydrogen-bond acceptors (Lipinski definition) is 4. The van der Waals surface area contributed by atoms with E-state index in [4.69, 9.17) is 27.9 Å². The van der Waals surface area contributed by atoms with Gasteiger partial charge in [-0.05, 0) is 56.3 Å². The molecule has 2 aromatic rings. The fraction of sp³-hybridized carbons (Fsp3) is 0.423. The second kappa shape index (κ2) is 8.23. The highest BCUT2D eigenvalue weighted by Gasteiger charge is 2.62. The summed E-state index contributed by atoms with van der Waals surface area (Å²) in [5.74, 6) is 0.783. The van der Waals surface area contributed by atoms with Crippen LogP contribution in [-0.2, 0) is 11.8 Å². The Hall–Kier alpha value is -2.21. The number of rotatable bonds is 5. The van der Waals surface area contributed by atoms with E-state index in [9.17, 15) is 9.90 Å². The first-order valence-corrected chi connectivity index (χ1v) is 12.1. The van der Waals surface area contributed by atoms with Crippen LogP contribution in [-0.4, -0.2) is 48.2 Å². The van der Waals surface area contributed by atoms with Crippen LogP contribution in [0, 0.1) is 11.8 Å². The van der Waals surface area contributed by atoms with Crippen LogP contribution in [0.3, 0.4) is 0 Å². The maximum atomic E-state index is 12.8. The van der Waals surface area contributed by atoms with E-state index in [-0.39, 0.29) is 35.0 Å². The Balaban J connectivity index is 1.45. The lowest BCUT2D eigenvalue weighted by Gasteiger charge is -2.55. The molecule has 0 aromatic heterocycles. The Kier molecular flexibility index (Phi) is 5.63. The van der Waals surface area contributed by atoms with Crippen molar-refractivity contribution in [1.82, 2.24) is 10.2 Å². The van der Waals surface area contributed by atoms with E-state index in [1.165, 1.54) is 5.56 Å². The van der Waals surface area contributed by atoms with Gasteiger partial charge in [-0.25, -0.2) is 0 Å². The van der Waals surface area contributed by atoms with Crippen LogP contribution in [0.1, 0.15) is 34.8 Å². The quantitative estimate of drug-likeness (QED) is 0.594. The van der Waals surface area contributed by atoms with E-state index in [0.717, 1.165) is 24.9 Å². The summed E-state index contributed by atoms with van der Waals surface area (Å²) in [4.78, 5) is 15.2. The van der Waals surface area contributed by atoms with Gasteiger partial charge in [0, 0.05) is 41.0 Å². The number of likely N-dealkylation sites (N-methyl/N-ethyl adjacent to an activating group) is 1. The average molecular weight is 487 g/mol. The van der Waals surface area contributed by atoms with Gasteiger partial charge in [0.2, 0.25) is 0 Å². The summed E-state index contributed by atoms with van der Waals surface area (Å²) in [6.07, 6.45) is 3.71. The topological polar surface area (TPSA) is 61.8 Å². The molecule has 1 aliphatic carbocycles. The van der Waals surface area contributed by atoms with Crippen LogP contribution in [0.5, 0.6) is 11.5 Å². The van der Waals surface area contributed by atoms with Gasteiger partial charge in [-0.3, -0.25) is 4.79 Å². The van der Waals surface area contributed by atoms with Crippen LogP contribution in [0.25, 0.3) is 0 Å². The number of halogens is 2. The maximum absolute atomic E-state index is 12.8. The second-order valence-corrected chi connectivity index (χ2v) is 10.4. The first-order valence-electron chi connectivity index (χ1n) is 11.4. The molecule has 2 N–H and O–H groups in total. The molecule has 0 radical (unpaired) electrons. The zero-order valence-electron chi connectivity index (χ0n) is 18.8. The number of hydrogen-bond donors (Lipinski definition) is 2. The Morgan fingerprint density at radius 2 is 2.15 bits per heavy atom. The van der Waals surface area contributed by atoms with E-state index in [0.29, 0.717) is 33.9 Å². The minimum Gasteiger partial charge on any atom is -0.504 e. The molecule has 5 unspecified atom stereocenters. The third-order valence-electron chi connectivity index (χ3n) is 7.86. The van der Waals surface area contributed by atoms with Gasteiger partial charge in [0.25, 0.3) is 5.91 Å². The van der Waals surface area contributed by atoms with Crippen LogP contribution >= 0.6 is 23.2 Å². The number of fused-ring (bicyclic) bond motifs is 1. The van der Waals surface area contributed by atoms with Crippen molar-refractivity contribution in [2.45, 2.75) is 37.3 Å². The highest BCUT2D eigenvalue weighted by atomic mass is 35.5. The van der Waals surface area contributed by atoms with E-state index < -0.39 is 0 Å². The van der Waals surface area contributed by atoms with Crippen LogP contribution < -0.4 is 10.1 Å². The smallest absolute Gasteiger partial charge is 0.251 e. The summed E-state index contributed by atoms with van der Waals surface area (Å²) in [6, 6.07) is 8.98. The normalized spacial score (nSPS) is 28.5. The Bertz CT molecular complexity index is 1140. The molecule has 2 bridgehead atoms. The minimum atomic E-state index is -0.270. The molecule has 2 aliphatic heterocycles. The van der Waals surface area contributed by atoms with E-state index >= 15 is 0 Å². The number of phenolic OH excluding ortho intramolecular Hbond substituents is 1. The van der Waals surface area contributed by atoms with Crippen molar-refractivity contribution >= 4 is 29.1 Å². The van der Waals surface area contributed by atoms with E-state index in [2.05, 4.69) is 36.8 Å². The molecule has 7 heteroatoms. The molecule has 5 nitrogen and oxygen atoms in total. The molecule has 3 aliphatic rings. The molecule has 1 amide bonds. The van der Waals surface area contributed by atoms with Gasteiger partial charge >= 0.3 is 0 Å². The van der Waals surface area contributed by atoms with Crippen LogP contribution in [0.15, 0.2) is 43.0 Å². The van der Waals surface area contributed by atoms with E-state index in [1.807, 2.05) is 6.07 Å². The lowest BCUT2D eigenvalue weighted by molar-refractivity contribution is -0.0134. The molecule has 2 aromatic carbocycles. The number of ether oxygens (including phenoxy) is 1. The fourth-order valence-corrected chi connectivity index (χ4v) is 6.62. The van der Waals surface area contributed by atoms with Crippen molar-refractivity contribution in [3.8, 4) is 11.5 Å². The number of aromatic hydroxyl groups is 1. The molecule has 0 saturated carbocycles. The summed E-state index contributed by atoms with van der Waals surface area (Å²) in [6.45, 7) is 7.68. The van der Waals surface area contributed by atoms with Crippen LogP contribution in [0.2, 0.25) is 10.0 Å². The number of nitrogens with zero attached hydrogens (tertiary/aromatic N) is 1. The molecule has 1 spiro atoms. The molecule has 5 atom stereocenters. The first kappa shape index (κ1) is 22.6. The Morgan fingerprint density at radius 3 is 2.88 bits per heavy atom. The number of carbonyl (C=O) groups excluding carboxylic acids is 1. The molecule has 1 saturated heterocycles. The fourth-order valence-electron chi connectivity index (χ4n) is 6.32. The highest BCUT2D eigenvalue weighted by molar-refractivity contribution is 6.42. The van der Waals surface area contributed by atoms with Gasteiger partial charge in [-0.15, -0.1) is 6.58 Å². The standard InChI is InChI=1S/C26H28Cl2N2O3/c1-4-17-20-12-15-6-8-21(31)23-22(15)26(17,9-10-30(20)3)24(33-23)14(2)13-29-25(32)16-5-7-18(27)19(28)11-16/h4-8,11,14,17,20,24,31H,1,9-10,12-13H2,2-3H3,(H,29,32). The third-order valence-corrected chi connectivity index (χ3v) is 8.60. The number of likely N-dealkylation sites (tertiary alicyclic amines) is 1. The summed E-state index contributed by atoms with van der Waals surface area (Å²) in [5, 5.41) is 14.5. The molecule has 5 rings (SSSR count). The molecule has 33 heavy (non-hydrogen) atoms. The van der Waals surface area contributed by atoms with Gasteiger partial charge in [-0.1, -0.05) is 42.3 Å². The number of benzene rings is 2. The van der Waals surface area contributed by atoms with Gasteiger partial charge in [0.15, 0.2) is 11.5 Å². The zero-order valence-corrected chi connectivity index (χ0v) is 20.3. The molecule has 174 valence electrons. The monoisotopic (exact) mass is 486 g/mol. The summed E-state index contributed by atoms with van der Waals surface area (Å²) >= 11 is 12.1. The Labute approximate surface area is 204 Å². The number of carbonyl (C=O) groups is 1. The average Bonchev–Trinajstić information content (AvgIpc) is 3.15. The molecular formula is C26H28Cl2N2O3. The number of amides is 1. The molecular weight excluding hydrogens is 459 g/mol. The van der Waals surface area contributed by atoms with Gasteiger partial charge in [0.05, 0.1) is 10.0 Å². The van der Waals surface area contributed by atoms with Crippen molar-refractivity contribution in [3.63, 3.8) is 0 Å². The van der Waals surface area contributed by atoms with Crippen molar-refractivity contribution in [2.75, 3.05) is 20.1 Å². The number of nitrogens with one attached hydrogen (secondary N) is 1. The maximum Gasteiger partial charge on any atom is 0.251 e. The number of phenols is 1. The van der Waals surface area contributed by atoms with Crippen molar-refractivity contribution < 1.29 is 14.6 Å². The van der Waals surface area contributed by atoms with E-state index in [1.54, 1.807) is 24.3 Å². The first-order chi connectivity index (χ1) is 15.8. The SMILES string of the molecule is C=CC1C2Cc3ccc(O)c4c3C1(CCN2C)C(C(C)CNC(=O)c1ccc(Cl)c(Cl)c1)O4. The number of piperidine rings is 1. The highest BCUT2D eigenvalue weighted by Crippen LogP contribution is 2.61. The molecule has 2 heterocycles. The summed E-state index contributed by atoms with van der Waals surface area (Å²) < 4.78 is 6.53. The van der Waals surface area contributed by atoms with Gasteiger partial charge in [0.1, 0.15) is 6.10 Å².